The van der Waals surface area contributed by atoms with Crippen LogP contribution in [0, 0.1) is 5.82 Å². The molecule has 1 aromatic carbocycles. The van der Waals surface area contributed by atoms with Crippen molar-refractivity contribution in [1.82, 2.24) is 9.97 Å². The normalized spacial score (nSPS) is 12.7. The largest absolute Gasteiger partial charge is 0.349 e. The van der Waals surface area contributed by atoms with Gasteiger partial charge in [-0.15, -0.1) is 0 Å². The van der Waals surface area contributed by atoms with E-state index in [-0.39, 0.29) is 10.6 Å². The highest BCUT2D eigenvalue weighted by atomic mass is 79.9. The minimum absolute atomic E-state index is 0.141. The first-order chi connectivity index (χ1) is 7.66. The summed E-state index contributed by atoms with van der Waals surface area (Å²) in [7, 11) is 0. The van der Waals surface area contributed by atoms with Gasteiger partial charge in [0.1, 0.15) is 11.6 Å². The Bertz CT molecular complexity index is 473. The molecule has 0 saturated heterocycles. The molecule has 0 saturated carbocycles. The average molecular weight is 304 g/mol. The molecule has 1 heterocycles. The first-order valence-corrected chi connectivity index (χ1v) is 6.03. The molecule has 2 rings (SSSR count). The van der Waals surface area contributed by atoms with Gasteiger partial charge in [-0.05, 0) is 18.2 Å². The maximum absolute atomic E-state index is 13.5. The summed E-state index contributed by atoms with van der Waals surface area (Å²) in [6.07, 6.45) is 4.00. The second kappa shape index (κ2) is 4.97. The summed E-state index contributed by atoms with van der Waals surface area (Å²) < 4.78 is 13.5. The average Bonchev–Trinajstić information content (AvgIpc) is 2.74. The highest BCUT2D eigenvalue weighted by molar-refractivity contribution is 9.09. The molecule has 0 amide bonds. The van der Waals surface area contributed by atoms with Crippen molar-refractivity contribution in [3.8, 4) is 0 Å². The second-order valence-electron chi connectivity index (χ2n) is 3.37. The maximum atomic E-state index is 13.5. The summed E-state index contributed by atoms with van der Waals surface area (Å²) >= 11 is 9.27. The number of nitrogens with one attached hydrogen (secondary N) is 1. The number of benzene rings is 1. The van der Waals surface area contributed by atoms with Crippen molar-refractivity contribution in [3.05, 3.63) is 52.8 Å². The van der Waals surface area contributed by atoms with Crippen molar-refractivity contribution in [2.75, 3.05) is 0 Å². The number of alkyl halides is 1. The lowest BCUT2D eigenvalue weighted by Gasteiger charge is -2.10. The van der Waals surface area contributed by atoms with E-state index in [1.54, 1.807) is 18.5 Å². The van der Waals surface area contributed by atoms with Gasteiger partial charge in [-0.25, -0.2) is 9.37 Å². The number of hydrogen-bond donors (Lipinski definition) is 1. The van der Waals surface area contributed by atoms with Gasteiger partial charge >= 0.3 is 0 Å². The van der Waals surface area contributed by atoms with Gasteiger partial charge < -0.3 is 4.98 Å². The van der Waals surface area contributed by atoms with Crippen LogP contribution in [-0.2, 0) is 6.42 Å². The van der Waals surface area contributed by atoms with Crippen LogP contribution in [0.2, 0.25) is 5.02 Å². The van der Waals surface area contributed by atoms with Gasteiger partial charge in [-0.1, -0.05) is 27.5 Å². The van der Waals surface area contributed by atoms with Gasteiger partial charge in [0.05, 0.1) is 0 Å². The Balaban J connectivity index is 2.20. The standard InChI is InChI=1S/C11H9BrClFN2/c12-9(6-11-15-3-4-16-11)8-5-7(13)1-2-10(8)14/h1-5,9H,6H2,(H,15,16). The van der Waals surface area contributed by atoms with Crippen LogP contribution in [0.15, 0.2) is 30.6 Å². The Hall–Kier alpha value is -0.870. The highest BCUT2D eigenvalue weighted by Gasteiger charge is 2.14. The number of rotatable bonds is 3. The lowest BCUT2D eigenvalue weighted by Crippen LogP contribution is -2.00. The zero-order chi connectivity index (χ0) is 11.5. The Kier molecular flexibility index (Phi) is 3.61. The van der Waals surface area contributed by atoms with E-state index in [1.165, 1.54) is 12.1 Å². The van der Waals surface area contributed by atoms with Gasteiger partial charge in [0.25, 0.3) is 0 Å². The van der Waals surface area contributed by atoms with Crippen LogP contribution in [0.1, 0.15) is 16.2 Å². The molecular weight excluding hydrogens is 294 g/mol. The van der Waals surface area contributed by atoms with Crippen molar-refractivity contribution in [3.63, 3.8) is 0 Å². The van der Waals surface area contributed by atoms with E-state index in [2.05, 4.69) is 25.9 Å². The van der Waals surface area contributed by atoms with Crippen molar-refractivity contribution in [1.29, 1.82) is 0 Å². The molecule has 1 unspecified atom stereocenters. The molecule has 0 bridgehead atoms. The molecule has 0 aliphatic carbocycles. The number of aromatic nitrogens is 2. The van der Waals surface area contributed by atoms with Crippen LogP contribution in [-0.4, -0.2) is 9.97 Å². The molecule has 0 fully saturated rings. The fraction of sp³-hybridized carbons (Fsp3) is 0.182. The van der Waals surface area contributed by atoms with E-state index >= 15 is 0 Å². The summed E-state index contributed by atoms with van der Waals surface area (Å²) in [4.78, 5) is 6.93. The van der Waals surface area contributed by atoms with Crippen LogP contribution < -0.4 is 0 Å². The molecule has 0 spiro atoms. The van der Waals surface area contributed by atoms with Crippen LogP contribution in [0.25, 0.3) is 0 Å². The summed E-state index contributed by atoms with van der Waals surface area (Å²) in [5.41, 5.74) is 0.545. The number of H-pyrrole nitrogens is 1. The summed E-state index contributed by atoms with van der Waals surface area (Å²) in [5.74, 6) is 0.541. The maximum Gasteiger partial charge on any atom is 0.127 e. The monoisotopic (exact) mass is 302 g/mol. The number of nitrogens with zero attached hydrogens (tertiary/aromatic N) is 1. The van der Waals surface area contributed by atoms with Gasteiger partial charge in [0.15, 0.2) is 0 Å². The third-order valence-electron chi connectivity index (χ3n) is 2.22. The number of halogens is 3. The number of hydrogen-bond acceptors (Lipinski definition) is 1. The van der Waals surface area contributed by atoms with E-state index in [4.69, 9.17) is 11.6 Å². The number of imidazole rings is 1. The van der Waals surface area contributed by atoms with Crippen LogP contribution in [0.3, 0.4) is 0 Å². The quantitative estimate of drug-likeness (QED) is 0.857. The number of aromatic amines is 1. The molecule has 1 aromatic heterocycles. The van der Waals surface area contributed by atoms with Crippen LogP contribution in [0.4, 0.5) is 4.39 Å². The van der Waals surface area contributed by atoms with Crippen LogP contribution in [0.5, 0.6) is 0 Å². The third kappa shape index (κ3) is 2.62. The fourth-order valence-electron chi connectivity index (χ4n) is 1.44. The van der Waals surface area contributed by atoms with E-state index in [1.807, 2.05) is 0 Å². The predicted octanol–water partition coefficient (Wildman–Crippen LogP) is 3.88. The topological polar surface area (TPSA) is 28.7 Å². The Morgan fingerprint density at radius 1 is 1.50 bits per heavy atom. The molecular formula is C11H9BrClFN2. The molecule has 0 radical (unpaired) electrons. The van der Waals surface area contributed by atoms with Gasteiger partial charge in [-0.2, -0.15) is 0 Å². The summed E-state index contributed by atoms with van der Waals surface area (Å²) in [5, 5.41) is 0.528. The molecule has 1 atom stereocenters. The fourth-order valence-corrected chi connectivity index (χ4v) is 2.28. The Labute approximate surface area is 106 Å². The second-order valence-corrected chi connectivity index (χ2v) is 4.92. The van der Waals surface area contributed by atoms with Crippen molar-refractivity contribution < 1.29 is 4.39 Å². The molecule has 2 nitrogen and oxygen atoms in total. The first kappa shape index (κ1) is 11.6. The van der Waals surface area contributed by atoms with Crippen LogP contribution >= 0.6 is 27.5 Å². The molecule has 16 heavy (non-hydrogen) atoms. The van der Waals surface area contributed by atoms with E-state index in [9.17, 15) is 4.39 Å². The molecule has 0 aliphatic rings. The summed E-state index contributed by atoms with van der Waals surface area (Å²) in [6, 6.07) is 4.53. The summed E-state index contributed by atoms with van der Waals surface area (Å²) in [6.45, 7) is 0. The smallest absolute Gasteiger partial charge is 0.127 e. The van der Waals surface area contributed by atoms with Gasteiger partial charge in [0.2, 0.25) is 0 Å². The Morgan fingerprint density at radius 3 is 3.00 bits per heavy atom. The van der Waals surface area contributed by atoms with Crippen molar-refractivity contribution in [2.24, 2.45) is 0 Å². The van der Waals surface area contributed by atoms with E-state index < -0.39 is 0 Å². The van der Waals surface area contributed by atoms with E-state index in [0.717, 1.165) is 5.82 Å². The molecule has 2 aromatic rings. The first-order valence-electron chi connectivity index (χ1n) is 4.74. The van der Waals surface area contributed by atoms with Crippen molar-refractivity contribution >= 4 is 27.5 Å². The Morgan fingerprint density at radius 2 is 2.31 bits per heavy atom. The SMILES string of the molecule is Fc1ccc(Cl)cc1C(Br)Cc1ncc[nH]1. The highest BCUT2D eigenvalue weighted by Crippen LogP contribution is 2.30. The van der Waals surface area contributed by atoms with Gasteiger partial charge in [0, 0.05) is 34.2 Å². The molecule has 1 N–H and O–H groups in total. The molecule has 0 aliphatic heterocycles. The lowest BCUT2D eigenvalue weighted by molar-refractivity contribution is 0.607. The lowest BCUT2D eigenvalue weighted by atomic mass is 10.1. The minimum Gasteiger partial charge on any atom is -0.349 e. The molecule has 5 heteroatoms. The zero-order valence-corrected chi connectivity index (χ0v) is 10.6. The molecule has 84 valence electrons. The van der Waals surface area contributed by atoms with E-state index in [0.29, 0.717) is 17.0 Å². The van der Waals surface area contributed by atoms with Crippen molar-refractivity contribution in [2.45, 2.75) is 11.2 Å². The minimum atomic E-state index is -0.266. The third-order valence-corrected chi connectivity index (χ3v) is 3.28. The zero-order valence-electron chi connectivity index (χ0n) is 8.25. The predicted molar refractivity (Wildman–Crippen MR) is 65.4 cm³/mol. The van der Waals surface area contributed by atoms with Gasteiger partial charge in [-0.3, -0.25) is 0 Å².